The first kappa shape index (κ1) is 10.7. The molecule has 0 fully saturated rings. The van der Waals surface area contributed by atoms with Gasteiger partial charge >= 0.3 is 5.97 Å². The highest BCUT2D eigenvalue weighted by Crippen LogP contribution is 1.94. The molecule has 66 valence electrons. The number of hydrogen-bond donors (Lipinski definition) is 0. The maximum absolute atomic E-state index is 10.7. The van der Waals surface area contributed by atoms with Gasteiger partial charge in [-0.1, -0.05) is 6.58 Å². The maximum Gasteiger partial charge on any atom is 0.350 e. The Morgan fingerprint density at radius 1 is 1.67 bits per heavy atom. The number of carbonyl (C=O) groups is 1. The van der Waals surface area contributed by atoms with Crippen LogP contribution in [0.3, 0.4) is 0 Å². The van der Waals surface area contributed by atoms with Crippen LogP contribution in [0.25, 0.3) is 0 Å². The van der Waals surface area contributed by atoms with Crippen LogP contribution in [-0.4, -0.2) is 18.9 Å². The highest BCUT2D eigenvalue weighted by Gasteiger charge is 2.06. The predicted octanol–water partition coefficient (Wildman–Crippen LogP) is 0.992. The summed E-state index contributed by atoms with van der Waals surface area (Å²) >= 11 is 0. The maximum atomic E-state index is 10.7. The first-order chi connectivity index (χ1) is 5.57. The first-order valence-electron chi connectivity index (χ1n) is 3.45. The minimum Gasteiger partial charge on any atom is -0.434 e. The van der Waals surface area contributed by atoms with Crippen LogP contribution < -0.4 is 0 Å². The van der Waals surface area contributed by atoms with Crippen molar-refractivity contribution in [3.63, 3.8) is 0 Å². The molecule has 0 bridgehead atoms. The summed E-state index contributed by atoms with van der Waals surface area (Å²) in [5.41, 5.74) is -0.220. The van der Waals surface area contributed by atoms with E-state index in [4.69, 9.17) is 10.00 Å². The van der Waals surface area contributed by atoms with Gasteiger partial charge in [0.15, 0.2) is 6.79 Å². The van der Waals surface area contributed by atoms with E-state index in [9.17, 15) is 4.79 Å². The third kappa shape index (κ3) is 4.47. The molecule has 4 nitrogen and oxygen atoms in total. The normalized spacial score (nSPS) is 9.17. The fourth-order valence-corrected chi connectivity index (χ4v) is 0.356. The number of carbonyl (C=O) groups excluding carboxylic acids is 1. The molecule has 0 heterocycles. The van der Waals surface area contributed by atoms with Crippen LogP contribution in [0.2, 0.25) is 0 Å². The Hall–Kier alpha value is -1.34. The van der Waals surface area contributed by atoms with Gasteiger partial charge in [-0.05, 0) is 13.8 Å². The lowest BCUT2D eigenvalue weighted by Gasteiger charge is -2.06. The van der Waals surface area contributed by atoms with E-state index < -0.39 is 5.97 Å². The van der Waals surface area contributed by atoms with E-state index in [-0.39, 0.29) is 18.5 Å². The molecule has 0 rings (SSSR count). The minimum atomic E-state index is -0.738. The topological polar surface area (TPSA) is 59.3 Å². The molecule has 0 aliphatic carbocycles. The van der Waals surface area contributed by atoms with Crippen LogP contribution in [0.5, 0.6) is 0 Å². The Morgan fingerprint density at radius 3 is 2.67 bits per heavy atom. The minimum absolute atomic E-state index is 0.00634. The van der Waals surface area contributed by atoms with Crippen molar-refractivity contribution in [3.8, 4) is 6.07 Å². The van der Waals surface area contributed by atoms with Crippen molar-refractivity contribution >= 4 is 5.97 Å². The van der Waals surface area contributed by atoms with Gasteiger partial charge in [0.05, 0.1) is 6.10 Å². The molecule has 0 atom stereocenters. The Bertz CT molecular complexity index is 215. The molecular formula is C8H11NO3. The number of ether oxygens (including phenoxy) is 2. The summed E-state index contributed by atoms with van der Waals surface area (Å²) in [6.45, 7) is 6.66. The van der Waals surface area contributed by atoms with Gasteiger partial charge in [0.1, 0.15) is 11.6 Å². The van der Waals surface area contributed by atoms with Crippen molar-refractivity contribution in [2.75, 3.05) is 6.79 Å². The number of esters is 1. The molecule has 0 saturated carbocycles. The zero-order valence-corrected chi connectivity index (χ0v) is 7.16. The largest absolute Gasteiger partial charge is 0.434 e. The quantitative estimate of drug-likeness (QED) is 0.272. The first-order valence-corrected chi connectivity index (χ1v) is 3.45. The van der Waals surface area contributed by atoms with E-state index >= 15 is 0 Å². The molecule has 0 aliphatic heterocycles. The van der Waals surface area contributed by atoms with Gasteiger partial charge in [0, 0.05) is 0 Å². The van der Waals surface area contributed by atoms with E-state index in [1.54, 1.807) is 6.07 Å². The Kier molecular flexibility index (Phi) is 4.73. The van der Waals surface area contributed by atoms with Gasteiger partial charge in [-0.2, -0.15) is 5.26 Å². The van der Waals surface area contributed by atoms with Gasteiger partial charge in [-0.25, -0.2) is 4.79 Å². The van der Waals surface area contributed by atoms with Crippen LogP contribution in [0.1, 0.15) is 13.8 Å². The molecule has 0 aliphatic rings. The molecule has 0 aromatic carbocycles. The predicted molar refractivity (Wildman–Crippen MR) is 41.9 cm³/mol. The second-order valence-electron chi connectivity index (χ2n) is 2.36. The Balaban J connectivity index is 3.60. The summed E-state index contributed by atoms with van der Waals surface area (Å²) in [5, 5.41) is 8.22. The highest BCUT2D eigenvalue weighted by molar-refractivity contribution is 5.91. The van der Waals surface area contributed by atoms with Gasteiger partial charge in [-0.15, -0.1) is 0 Å². The summed E-state index contributed by atoms with van der Waals surface area (Å²) in [6.07, 6.45) is -0.00634. The van der Waals surface area contributed by atoms with Crippen molar-refractivity contribution < 1.29 is 14.3 Å². The number of nitrogens with zero attached hydrogens (tertiary/aromatic N) is 1. The number of nitriles is 1. The monoisotopic (exact) mass is 169 g/mol. The summed E-state index contributed by atoms with van der Waals surface area (Å²) in [7, 11) is 0. The molecule has 0 unspecified atom stereocenters. The van der Waals surface area contributed by atoms with Gasteiger partial charge in [-0.3, -0.25) is 0 Å². The second kappa shape index (κ2) is 5.33. The van der Waals surface area contributed by atoms with E-state index in [1.807, 2.05) is 13.8 Å². The van der Waals surface area contributed by atoms with Gasteiger partial charge < -0.3 is 9.47 Å². The molecule has 0 aromatic rings. The SMILES string of the molecule is C=C(C#N)C(=O)OCOC(C)C. The standard InChI is InChI=1S/C8H11NO3/c1-6(2)11-5-12-8(10)7(3)4-9/h6H,3,5H2,1-2H3. The van der Waals surface area contributed by atoms with Crippen LogP contribution in [0.15, 0.2) is 12.2 Å². The van der Waals surface area contributed by atoms with E-state index in [0.29, 0.717) is 0 Å². The van der Waals surface area contributed by atoms with Crippen molar-refractivity contribution in [2.45, 2.75) is 20.0 Å². The third-order valence-corrected chi connectivity index (χ3v) is 0.973. The van der Waals surface area contributed by atoms with Crippen LogP contribution in [-0.2, 0) is 14.3 Å². The lowest BCUT2D eigenvalue weighted by Crippen LogP contribution is -2.12. The summed E-state index contributed by atoms with van der Waals surface area (Å²) in [4.78, 5) is 10.7. The molecule has 0 amide bonds. The van der Waals surface area contributed by atoms with E-state index in [1.165, 1.54) is 0 Å². The number of rotatable bonds is 4. The summed E-state index contributed by atoms with van der Waals surface area (Å²) in [5.74, 6) is -0.738. The van der Waals surface area contributed by atoms with Crippen molar-refractivity contribution in [3.05, 3.63) is 12.2 Å². The van der Waals surface area contributed by atoms with Crippen molar-refractivity contribution in [1.82, 2.24) is 0 Å². The van der Waals surface area contributed by atoms with Crippen molar-refractivity contribution in [1.29, 1.82) is 5.26 Å². The van der Waals surface area contributed by atoms with Gasteiger partial charge in [0.2, 0.25) is 0 Å². The number of hydrogen-bond acceptors (Lipinski definition) is 4. The van der Waals surface area contributed by atoms with Gasteiger partial charge in [0.25, 0.3) is 0 Å². The summed E-state index contributed by atoms with van der Waals surface area (Å²) < 4.78 is 9.44. The third-order valence-electron chi connectivity index (χ3n) is 0.973. The van der Waals surface area contributed by atoms with Crippen LogP contribution in [0.4, 0.5) is 0 Å². The van der Waals surface area contributed by atoms with Crippen molar-refractivity contribution in [2.24, 2.45) is 0 Å². The molecule has 0 saturated heterocycles. The van der Waals surface area contributed by atoms with Crippen LogP contribution >= 0.6 is 0 Å². The van der Waals surface area contributed by atoms with Crippen LogP contribution in [0, 0.1) is 11.3 Å². The van der Waals surface area contributed by atoms with E-state index in [0.717, 1.165) is 0 Å². The Morgan fingerprint density at radius 2 is 2.25 bits per heavy atom. The summed E-state index contributed by atoms with van der Waals surface area (Å²) in [6, 6.07) is 1.58. The zero-order valence-electron chi connectivity index (χ0n) is 7.16. The lowest BCUT2D eigenvalue weighted by molar-refractivity contribution is -0.154. The molecule has 0 N–H and O–H groups in total. The molecule has 0 radical (unpaired) electrons. The smallest absolute Gasteiger partial charge is 0.350 e. The zero-order chi connectivity index (χ0) is 9.56. The molecule has 12 heavy (non-hydrogen) atoms. The molecule has 0 spiro atoms. The average molecular weight is 169 g/mol. The molecule has 0 aromatic heterocycles. The fraction of sp³-hybridized carbons (Fsp3) is 0.500. The molecule has 4 heteroatoms. The highest BCUT2D eigenvalue weighted by atomic mass is 16.7. The fourth-order valence-electron chi connectivity index (χ4n) is 0.356. The molecular weight excluding hydrogens is 158 g/mol. The Labute approximate surface area is 71.4 Å². The second-order valence-corrected chi connectivity index (χ2v) is 2.36. The van der Waals surface area contributed by atoms with E-state index in [2.05, 4.69) is 11.3 Å². The average Bonchev–Trinajstić information content (AvgIpc) is 2.02. The lowest BCUT2D eigenvalue weighted by atomic mass is 10.3.